The van der Waals surface area contributed by atoms with Crippen molar-refractivity contribution in [2.75, 3.05) is 19.7 Å². The fourth-order valence-corrected chi connectivity index (χ4v) is 7.93. The normalized spacial score (nSPS) is 40.3. The lowest BCUT2D eigenvalue weighted by Gasteiger charge is -2.65. The lowest BCUT2D eigenvalue weighted by molar-refractivity contribution is -0.164. The number of aliphatic carboxylic acids is 1. The van der Waals surface area contributed by atoms with Crippen LogP contribution in [-0.2, 0) is 14.3 Å². The molecule has 0 aromatic heterocycles. The average Bonchev–Trinajstić information content (AvgIpc) is 2.65. The zero-order chi connectivity index (χ0) is 21.7. The van der Waals surface area contributed by atoms with Gasteiger partial charge < -0.3 is 14.7 Å². The number of fused-ring (bicyclic) bond motifs is 5. The van der Waals surface area contributed by atoms with Gasteiger partial charge in [-0.05, 0) is 72.3 Å². The van der Waals surface area contributed by atoms with Crippen molar-refractivity contribution < 1.29 is 19.4 Å². The van der Waals surface area contributed by atoms with Crippen LogP contribution in [0.15, 0.2) is 23.4 Å². The monoisotopic (exact) mass is 415 g/mol. The SMILES string of the molecule is CC(=O)OCC1(C)CCCC2(C)C1CCC1(C)C3=CCN(CC(=O)O)C=C3CCC12. The minimum Gasteiger partial charge on any atom is -0.480 e. The summed E-state index contributed by atoms with van der Waals surface area (Å²) in [7, 11) is 0. The van der Waals surface area contributed by atoms with E-state index in [4.69, 9.17) is 9.84 Å². The molecule has 0 aromatic rings. The Balaban J connectivity index is 1.61. The number of ether oxygens (including phenoxy) is 1. The third kappa shape index (κ3) is 3.38. The van der Waals surface area contributed by atoms with Gasteiger partial charge in [-0.1, -0.05) is 33.3 Å². The van der Waals surface area contributed by atoms with Gasteiger partial charge in [0.2, 0.25) is 0 Å². The summed E-state index contributed by atoms with van der Waals surface area (Å²) >= 11 is 0. The van der Waals surface area contributed by atoms with Crippen molar-refractivity contribution in [2.24, 2.45) is 28.1 Å². The third-order valence-corrected chi connectivity index (χ3v) is 9.09. The Morgan fingerprint density at radius 1 is 1.17 bits per heavy atom. The Hall–Kier alpha value is -1.78. The number of hydrogen-bond acceptors (Lipinski definition) is 4. The van der Waals surface area contributed by atoms with Crippen molar-refractivity contribution in [2.45, 2.75) is 72.6 Å². The predicted molar refractivity (Wildman–Crippen MR) is 116 cm³/mol. The highest BCUT2D eigenvalue weighted by atomic mass is 16.5. The largest absolute Gasteiger partial charge is 0.480 e. The summed E-state index contributed by atoms with van der Waals surface area (Å²) in [6.45, 7) is 10.1. The van der Waals surface area contributed by atoms with Crippen molar-refractivity contribution in [3.8, 4) is 0 Å². The first-order valence-electron chi connectivity index (χ1n) is 11.6. The third-order valence-electron chi connectivity index (χ3n) is 9.09. The molecule has 5 nitrogen and oxygen atoms in total. The molecule has 5 heteroatoms. The van der Waals surface area contributed by atoms with Crippen molar-refractivity contribution in [3.05, 3.63) is 23.4 Å². The van der Waals surface area contributed by atoms with Gasteiger partial charge in [0.15, 0.2) is 0 Å². The average molecular weight is 416 g/mol. The van der Waals surface area contributed by atoms with E-state index in [0.29, 0.717) is 25.0 Å². The van der Waals surface area contributed by atoms with Gasteiger partial charge in [-0.3, -0.25) is 9.59 Å². The highest BCUT2D eigenvalue weighted by Crippen LogP contribution is 2.69. The van der Waals surface area contributed by atoms with E-state index in [0.717, 1.165) is 25.7 Å². The lowest BCUT2D eigenvalue weighted by Crippen LogP contribution is -2.58. The first-order chi connectivity index (χ1) is 14.1. The Morgan fingerprint density at radius 3 is 2.63 bits per heavy atom. The molecule has 1 aliphatic heterocycles. The Bertz CT molecular complexity index is 801. The number of carboxylic acid groups (broad SMARTS) is 1. The first kappa shape index (κ1) is 21.5. The molecule has 0 amide bonds. The fourth-order valence-electron chi connectivity index (χ4n) is 7.93. The second-order valence-corrected chi connectivity index (χ2v) is 11.0. The summed E-state index contributed by atoms with van der Waals surface area (Å²) < 4.78 is 5.56. The Morgan fingerprint density at radius 2 is 1.93 bits per heavy atom. The molecule has 3 fully saturated rings. The van der Waals surface area contributed by atoms with E-state index in [9.17, 15) is 9.59 Å². The van der Waals surface area contributed by atoms with Crippen LogP contribution < -0.4 is 0 Å². The summed E-state index contributed by atoms with van der Waals surface area (Å²) in [4.78, 5) is 24.6. The Labute approximate surface area is 180 Å². The summed E-state index contributed by atoms with van der Waals surface area (Å²) in [5.74, 6) is 0.255. The molecule has 4 aliphatic rings. The maximum Gasteiger partial charge on any atom is 0.323 e. The number of nitrogens with zero attached hydrogens (tertiary/aromatic N) is 1. The molecule has 30 heavy (non-hydrogen) atoms. The van der Waals surface area contributed by atoms with Crippen LogP contribution in [0.25, 0.3) is 0 Å². The summed E-state index contributed by atoms with van der Waals surface area (Å²) in [6, 6.07) is 0. The topological polar surface area (TPSA) is 66.8 Å². The zero-order valence-corrected chi connectivity index (χ0v) is 19.0. The van der Waals surface area contributed by atoms with E-state index in [2.05, 4.69) is 33.0 Å². The second-order valence-electron chi connectivity index (χ2n) is 11.0. The van der Waals surface area contributed by atoms with Crippen molar-refractivity contribution in [1.82, 2.24) is 4.90 Å². The Kier molecular flexibility index (Phi) is 5.31. The van der Waals surface area contributed by atoms with Gasteiger partial charge in [0.05, 0.1) is 6.61 Å². The molecule has 3 aliphatic carbocycles. The number of hydrogen-bond donors (Lipinski definition) is 1. The molecule has 0 spiro atoms. The van der Waals surface area contributed by atoms with Gasteiger partial charge >= 0.3 is 11.9 Å². The summed E-state index contributed by atoms with van der Waals surface area (Å²) in [6.07, 6.45) is 12.6. The molecular formula is C25H37NO4. The van der Waals surface area contributed by atoms with Gasteiger partial charge in [0.25, 0.3) is 0 Å². The number of esters is 1. The van der Waals surface area contributed by atoms with Gasteiger partial charge in [-0.15, -0.1) is 0 Å². The van der Waals surface area contributed by atoms with Gasteiger partial charge in [0.1, 0.15) is 6.54 Å². The van der Waals surface area contributed by atoms with Crippen LogP contribution >= 0.6 is 0 Å². The smallest absolute Gasteiger partial charge is 0.323 e. The van der Waals surface area contributed by atoms with Crippen molar-refractivity contribution in [3.63, 3.8) is 0 Å². The number of rotatable bonds is 4. The second kappa shape index (κ2) is 7.42. The first-order valence-corrected chi connectivity index (χ1v) is 11.6. The van der Waals surface area contributed by atoms with Crippen LogP contribution in [0.3, 0.4) is 0 Å². The van der Waals surface area contributed by atoms with Crippen LogP contribution in [-0.4, -0.2) is 41.6 Å². The number of carboxylic acids is 1. The van der Waals surface area contributed by atoms with Crippen molar-refractivity contribution >= 4 is 11.9 Å². The number of allylic oxidation sites excluding steroid dienone is 2. The molecule has 5 unspecified atom stereocenters. The standard InChI is InChI=1S/C25H37NO4/c1-17(27)30-16-23(2)10-5-11-25(4)20(23)8-12-24(3)19-9-13-26(15-22(28)29)14-18(19)6-7-21(24)25/h9,14,20-21H,5-8,10-13,15-16H2,1-4H3,(H,28,29). The van der Waals surface area contributed by atoms with Gasteiger partial charge in [0, 0.05) is 25.1 Å². The minimum atomic E-state index is -0.772. The molecule has 166 valence electrons. The highest BCUT2D eigenvalue weighted by Gasteiger charge is 2.61. The zero-order valence-electron chi connectivity index (χ0n) is 19.0. The number of carbonyl (C=O) groups excluding carboxylic acids is 1. The summed E-state index contributed by atoms with van der Waals surface area (Å²) in [5, 5.41) is 9.17. The van der Waals surface area contributed by atoms with Gasteiger partial charge in [-0.2, -0.15) is 0 Å². The van der Waals surface area contributed by atoms with E-state index >= 15 is 0 Å². The summed E-state index contributed by atoms with van der Waals surface area (Å²) in [5.41, 5.74) is 3.30. The molecule has 0 saturated heterocycles. The van der Waals surface area contributed by atoms with E-state index < -0.39 is 5.97 Å². The van der Waals surface area contributed by atoms with E-state index in [1.165, 1.54) is 37.3 Å². The minimum absolute atomic E-state index is 0.0648. The maximum atomic E-state index is 11.5. The molecule has 0 radical (unpaired) electrons. The molecule has 3 saturated carbocycles. The van der Waals surface area contributed by atoms with Crippen LogP contribution in [0.5, 0.6) is 0 Å². The quantitative estimate of drug-likeness (QED) is 0.669. The molecule has 1 heterocycles. The van der Waals surface area contributed by atoms with E-state index in [1.54, 1.807) is 0 Å². The van der Waals surface area contributed by atoms with Crippen LogP contribution in [0, 0.1) is 28.1 Å². The highest BCUT2D eigenvalue weighted by molar-refractivity contribution is 5.69. The van der Waals surface area contributed by atoms with Crippen LogP contribution in [0.4, 0.5) is 0 Å². The molecule has 0 aromatic carbocycles. The van der Waals surface area contributed by atoms with E-state index in [-0.39, 0.29) is 28.8 Å². The molecule has 5 atom stereocenters. The van der Waals surface area contributed by atoms with Crippen molar-refractivity contribution in [1.29, 1.82) is 0 Å². The number of carbonyl (C=O) groups is 2. The molecule has 1 N–H and O–H groups in total. The van der Waals surface area contributed by atoms with Crippen LogP contribution in [0.2, 0.25) is 0 Å². The maximum absolute atomic E-state index is 11.5. The molecular weight excluding hydrogens is 378 g/mol. The predicted octanol–water partition coefficient (Wildman–Crippen LogP) is 4.78. The lowest BCUT2D eigenvalue weighted by atomic mass is 9.40. The fraction of sp³-hybridized carbons (Fsp3) is 0.760. The van der Waals surface area contributed by atoms with Crippen LogP contribution in [0.1, 0.15) is 72.6 Å². The van der Waals surface area contributed by atoms with E-state index in [1.807, 2.05) is 4.90 Å². The molecule has 0 bridgehead atoms. The molecule has 4 rings (SSSR count). The van der Waals surface area contributed by atoms with Gasteiger partial charge in [-0.25, -0.2) is 0 Å².